The van der Waals surface area contributed by atoms with E-state index in [0.29, 0.717) is 0 Å². The Morgan fingerprint density at radius 3 is 2.74 bits per heavy atom. The van der Waals surface area contributed by atoms with Crippen LogP contribution in [0.2, 0.25) is 0 Å². The zero-order valence-corrected chi connectivity index (χ0v) is 19.3. The fraction of sp³-hybridized carbons (Fsp3) is 0.250. The molecule has 1 amide bonds. The topological polar surface area (TPSA) is 88.3 Å². The highest BCUT2D eigenvalue weighted by molar-refractivity contribution is 14.1. The van der Waals surface area contributed by atoms with Gasteiger partial charge in [-0.15, -0.1) is 0 Å². The lowest BCUT2D eigenvalue weighted by Gasteiger charge is -2.33. The Bertz CT molecular complexity index is 1400. The van der Waals surface area contributed by atoms with Crippen LogP contribution < -0.4 is 10.2 Å². The number of rotatable bonds is 3. The molecule has 2 aliphatic rings. The molecule has 3 aromatic rings. The molecule has 0 aliphatic carbocycles. The van der Waals surface area contributed by atoms with Crippen LogP contribution in [-0.2, 0) is 11.3 Å². The number of alkyl halides is 3. The fourth-order valence-electron chi connectivity index (χ4n) is 3.97. The van der Waals surface area contributed by atoms with E-state index in [-0.39, 0.29) is 38.4 Å². The number of fused-ring (bicyclic) bond motifs is 2. The van der Waals surface area contributed by atoms with Gasteiger partial charge < -0.3 is 5.32 Å². The number of halogens is 6. The molecule has 0 bridgehead atoms. The maximum atomic E-state index is 14.2. The molecule has 176 valence electrons. The monoisotopic (exact) mass is 589 g/mol. The van der Waals surface area contributed by atoms with Crippen LogP contribution >= 0.6 is 22.6 Å². The summed E-state index contributed by atoms with van der Waals surface area (Å²) < 4.78 is 71.4. The second-order valence-electron chi connectivity index (χ2n) is 7.79. The number of aliphatic imine (C=N–C) groups is 1. The predicted molar refractivity (Wildman–Crippen MR) is 119 cm³/mol. The first-order chi connectivity index (χ1) is 16.0. The summed E-state index contributed by atoms with van der Waals surface area (Å²) in [6.45, 7) is 0.613. The molecule has 0 spiro atoms. The second-order valence-corrected chi connectivity index (χ2v) is 8.81. The Morgan fingerprint density at radius 2 is 2.03 bits per heavy atom. The molecular formula is C20H13F5IN7O. The standard InChI is InChI=1S/C20H13F5IN7O/c1-19(20(23,24)25)13-14(26)29-8-32(17(13)30-18(19)34)16-10-5-9(21)6-28-15(10)33(31-16)7-12-11(22)3-2-4-27-12/h2-6,8,17H,7H2,1H3,(H,30,34). The lowest BCUT2D eigenvalue weighted by molar-refractivity contribution is -0.201. The van der Waals surface area contributed by atoms with Crippen molar-refractivity contribution in [2.75, 3.05) is 4.90 Å². The number of carbonyl (C=O) groups excluding carboxylic acids is 1. The largest absolute Gasteiger partial charge is 0.406 e. The van der Waals surface area contributed by atoms with Gasteiger partial charge in [-0.1, -0.05) is 0 Å². The number of amides is 1. The molecule has 0 radical (unpaired) electrons. The smallest absolute Gasteiger partial charge is 0.331 e. The average Bonchev–Trinajstić information content (AvgIpc) is 3.25. The molecule has 34 heavy (non-hydrogen) atoms. The highest BCUT2D eigenvalue weighted by Crippen LogP contribution is 2.52. The van der Waals surface area contributed by atoms with Crippen LogP contribution in [0.3, 0.4) is 0 Å². The fourth-order valence-corrected chi connectivity index (χ4v) is 4.93. The number of nitrogens with zero attached hydrogens (tertiary/aromatic N) is 6. The zero-order chi connectivity index (χ0) is 24.4. The molecule has 5 heterocycles. The number of pyridine rings is 2. The minimum atomic E-state index is -4.89. The third-order valence-electron chi connectivity index (χ3n) is 5.81. The zero-order valence-electron chi connectivity index (χ0n) is 17.1. The summed E-state index contributed by atoms with van der Waals surface area (Å²) in [4.78, 5) is 25.8. The number of hydrogen-bond acceptors (Lipinski definition) is 6. The van der Waals surface area contributed by atoms with Crippen molar-refractivity contribution < 1.29 is 26.7 Å². The van der Waals surface area contributed by atoms with Gasteiger partial charge in [0.1, 0.15) is 21.5 Å². The van der Waals surface area contributed by atoms with Gasteiger partial charge in [-0.2, -0.15) is 18.3 Å². The van der Waals surface area contributed by atoms with E-state index in [1.165, 1.54) is 34.2 Å². The van der Waals surface area contributed by atoms with E-state index in [0.717, 1.165) is 19.2 Å². The highest BCUT2D eigenvalue weighted by atomic mass is 127. The third-order valence-corrected chi connectivity index (χ3v) is 6.67. The van der Waals surface area contributed by atoms with Crippen molar-refractivity contribution in [1.82, 2.24) is 25.1 Å². The minimum absolute atomic E-state index is 0.000579. The Hall–Kier alpha value is -3.17. The first-order valence-corrected chi connectivity index (χ1v) is 10.8. The second kappa shape index (κ2) is 7.68. The molecule has 2 atom stereocenters. The minimum Gasteiger partial charge on any atom is -0.331 e. The van der Waals surface area contributed by atoms with Crippen LogP contribution in [0.25, 0.3) is 11.0 Å². The molecule has 2 unspecified atom stereocenters. The summed E-state index contributed by atoms with van der Waals surface area (Å²) in [6.07, 6.45) is -2.63. The van der Waals surface area contributed by atoms with Crippen LogP contribution in [0.4, 0.5) is 27.8 Å². The molecule has 2 aliphatic heterocycles. The Labute approximate surface area is 201 Å². The van der Waals surface area contributed by atoms with Gasteiger partial charge in [-0.25, -0.2) is 23.4 Å². The van der Waals surface area contributed by atoms with Gasteiger partial charge in [0.15, 0.2) is 16.9 Å². The number of carbonyl (C=O) groups is 1. The van der Waals surface area contributed by atoms with Gasteiger partial charge in [-0.3, -0.25) is 14.7 Å². The molecule has 0 aromatic carbocycles. The summed E-state index contributed by atoms with van der Waals surface area (Å²) in [5.74, 6) is -2.57. The Kier molecular flexibility index (Phi) is 5.11. The molecule has 5 rings (SSSR count). The molecule has 3 aromatic heterocycles. The summed E-state index contributed by atoms with van der Waals surface area (Å²) in [7, 11) is 0. The molecule has 1 saturated heterocycles. The van der Waals surface area contributed by atoms with Crippen LogP contribution in [0.5, 0.6) is 0 Å². The van der Waals surface area contributed by atoms with Crippen molar-refractivity contribution in [2.24, 2.45) is 10.4 Å². The van der Waals surface area contributed by atoms with Gasteiger partial charge in [0.2, 0.25) is 5.91 Å². The first-order valence-electron chi connectivity index (χ1n) is 9.74. The SMILES string of the molecule is CC1(C(F)(F)F)C(=O)NC2C1=C(I)N=CN2c1nn(Cc2ncccc2F)c2ncc(F)cc12. The van der Waals surface area contributed by atoms with E-state index in [4.69, 9.17) is 0 Å². The van der Waals surface area contributed by atoms with Crippen molar-refractivity contribution in [1.29, 1.82) is 0 Å². The molecule has 0 saturated carbocycles. The highest BCUT2D eigenvalue weighted by Gasteiger charge is 2.66. The van der Waals surface area contributed by atoms with E-state index in [9.17, 15) is 26.7 Å². The van der Waals surface area contributed by atoms with Gasteiger partial charge >= 0.3 is 6.18 Å². The van der Waals surface area contributed by atoms with Gasteiger partial charge in [0.05, 0.1) is 30.2 Å². The van der Waals surface area contributed by atoms with Crippen molar-refractivity contribution in [3.05, 3.63) is 57.2 Å². The summed E-state index contributed by atoms with van der Waals surface area (Å²) in [5.41, 5.74) is -2.94. The van der Waals surface area contributed by atoms with Gasteiger partial charge in [0.25, 0.3) is 0 Å². The number of hydrogen-bond donors (Lipinski definition) is 1. The predicted octanol–water partition coefficient (Wildman–Crippen LogP) is 3.67. The van der Waals surface area contributed by atoms with E-state index in [1.807, 2.05) is 0 Å². The van der Waals surface area contributed by atoms with Crippen LogP contribution in [0.1, 0.15) is 12.6 Å². The summed E-state index contributed by atoms with van der Waals surface area (Å²) in [5, 5.41) is 6.86. The lowest BCUT2D eigenvalue weighted by atomic mass is 9.82. The molecule has 8 nitrogen and oxygen atoms in total. The quantitative estimate of drug-likeness (QED) is 0.286. The first kappa shape index (κ1) is 22.6. The molecule has 1 fully saturated rings. The normalized spacial score (nSPS) is 22.5. The molecular weight excluding hydrogens is 576 g/mol. The Balaban J connectivity index is 1.65. The maximum Gasteiger partial charge on any atom is 0.406 e. The van der Waals surface area contributed by atoms with Crippen LogP contribution in [0, 0.1) is 17.0 Å². The van der Waals surface area contributed by atoms with Gasteiger partial charge in [-0.05, 0) is 47.7 Å². The molecule has 14 heteroatoms. The van der Waals surface area contributed by atoms with Crippen molar-refractivity contribution in [2.45, 2.75) is 25.8 Å². The van der Waals surface area contributed by atoms with Crippen LogP contribution in [-0.4, -0.2) is 44.3 Å². The lowest BCUT2D eigenvalue weighted by Crippen LogP contribution is -2.45. The van der Waals surface area contributed by atoms with Crippen molar-refractivity contribution in [3.63, 3.8) is 0 Å². The van der Waals surface area contributed by atoms with Crippen molar-refractivity contribution in [3.8, 4) is 0 Å². The van der Waals surface area contributed by atoms with E-state index in [2.05, 4.69) is 25.4 Å². The molecule has 1 N–H and O–H groups in total. The number of nitrogens with one attached hydrogen (secondary N) is 1. The van der Waals surface area contributed by atoms with Crippen molar-refractivity contribution >= 4 is 51.7 Å². The van der Waals surface area contributed by atoms with E-state index < -0.39 is 35.3 Å². The summed E-state index contributed by atoms with van der Waals surface area (Å²) >= 11 is 1.64. The average molecular weight is 589 g/mol. The summed E-state index contributed by atoms with van der Waals surface area (Å²) in [6, 6.07) is 3.73. The third kappa shape index (κ3) is 3.25. The maximum absolute atomic E-state index is 14.2. The van der Waals surface area contributed by atoms with E-state index >= 15 is 0 Å². The Morgan fingerprint density at radius 1 is 1.26 bits per heavy atom. The number of aromatic nitrogens is 4. The van der Waals surface area contributed by atoms with Crippen LogP contribution in [0.15, 0.2) is 44.9 Å². The van der Waals surface area contributed by atoms with E-state index in [1.54, 1.807) is 22.6 Å². The number of anilines is 1. The van der Waals surface area contributed by atoms with Gasteiger partial charge in [0, 0.05) is 11.8 Å².